The van der Waals surface area contributed by atoms with Gasteiger partial charge in [0.2, 0.25) is 0 Å². The molecule has 0 fully saturated rings. The van der Waals surface area contributed by atoms with E-state index in [1.807, 2.05) is 0 Å². The van der Waals surface area contributed by atoms with Gasteiger partial charge in [-0.2, -0.15) is 0 Å². The monoisotopic (exact) mass is 349 g/mol. The van der Waals surface area contributed by atoms with E-state index in [1.54, 1.807) is 20.8 Å². The third kappa shape index (κ3) is 3.88. The number of carbonyl (C=O) groups excluding carboxylic acids is 2. The van der Waals surface area contributed by atoms with Gasteiger partial charge in [-0.3, -0.25) is 4.79 Å². The van der Waals surface area contributed by atoms with Crippen LogP contribution >= 0.6 is 0 Å². The van der Waals surface area contributed by atoms with Gasteiger partial charge in [0.1, 0.15) is 5.69 Å². The minimum Gasteiger partial charge on any atom is -0.494 e. The minimum absolute atomic E-state index is 0.0247. The van der Waals surface area contributed by atoms with Crippen LogP contribution in [0.15, 0.2) is 18.2 Å². The number of aromatic amines is 1. The number of H-pyrrole nitrogens is 1. The van der Waals surface area contributed by atoms with Crippen LogP contribution in [0.3, 0.4) is 0 Å². The highest BCUT2D eigenvalue weighted by Crippen LogP contribution is 2.25. The molecular formula is C18H20FNO5. The molecule has 7 heteroatoms. The normalized spacial score (nSPS) is 11.9. The lowest BCUT2D eigenvalue weighted by Crippen LogP contribution is -2.15. The number of nitrogens with one attached hydrogen (secondary N) is 1. The molecule has 1 heterocycles. The van der Waals surface area contributed by atoms with Crippen LogP contribution in [-0.2, 0) is 4.74 Å². The van der Waals surface area contributed by atoms with Crippen molar-refractivity contribution in [3.05, 3.63) is 52.1 Å². The largest absolute Gasteiger partial charge is 0.494 e. The van der Waals surface area contributed by atoms with Crippen molar-refractivity contribution < 1.29 is 28.6 Å². The summed E-state index contributed by atoms with van der Waals surface area (Å²) in [5, 5.41) is 9.74. The Kier molecular flexibility index (Phi) is 5.58. The Morgan fingerprint density at radius 2 is 2.00 bits per heavy atom. The molecule has 2 rings (SSSR count). The van der Waals surface area contributed by atoms with Crippen LogP contribution in [0.5, 0.6) is 5.75 Å². The van der Waals surface area contributed by atoms with E-state index in [1.165, 1.54) is 19.2 Å². The smallest absolute Gasteiger partial charge is 0.355 e. The maximum Gasteiger partial charge on any atom is 0.355 e. The number of hydrogen-bond acceptors (Lipinski definition) is 5. The van der Waals surface area contributed by atoms with E-state index in [9.17, 15) is 19.1 Å². The number of ketones is 1. The van der Waals surface area contributed by atoms with Gasteiger partial charge in [-0.25, -0.2) is 9.18 Å². The average Bonchev–Trinajstić information content (AvgIpc) is 2.86. The molecule has 0 spiro atoms. The first kappa shape index (κ1) is 18.7. The molecule has 1 aromatic heterocycles. The number of esters is 1. The molecular weight excluding hydrogens is 329 g/mol. The molecule has 0 aliphatic rings. The van der Waals surface area contributed by atoms with Crippen molar-refractivity contribution in [2.45, 2.75) is 26.9 Å². The van der Waals surface area contributed by atoms with E-state index >= 15 is 0 Å². The predicted molar refractivity (Wildman–Crippen MR) is 88.5 cm³/mol. The number of rotatable bonds is 6. The molecule has 2 aromatic rings. The highest BCUT2D eigenvalue weighted by molar-refractivity contribution is 5.99. The molecule has 1 aromatic carbocycles. The molecule has 0 saturated heterocycles. The summed E-state index contributed by atoms with van der Waals surface area (Å²) < 4.78 is 23.4. The van der Waals surface area contributed by atoms with Crippen molar-refractivity contribution in [3.63, 3.8) is 0 Å². The molecule has 0 aliphatic heterocycles. The van der Waals surface area contributed by atoms with Crippen LogP contribution in [0.1, 0.15) is 50.7 Å². The molecule has 134 valence electrons. The van der Waals surface area contributed by atoms with Crippen LogP contribution in [0.25, 0.3) is 0 Å². The summed E-state index contributed by atoms with van der Waals surface area (Å²) in [5.74, 6) is -1.89. The lowest BCUT2D eigenvalue weighted by molar-refractivity contribution is 0.0468. The SMILES string of the molecule is COc1ccc(C(=O)COC(=O)c2[nH]c(C)c([C@@H](C)O)c2C)cc1F. The van der Waals surface area contributed by atoms with E-state index in [0.29, 0.717) is 16.8 Å². The molecule has 6 nitrogen and oxygen atoms in total. The molecule has 25 heavy (non-hydrogen) atoms. The van der Waals surface area contributed by atoms with Crippen LogP contribution < -0.4 is 4.74 Å². The molecule has 0 unspecified atom stereocenters. The number of carbonyl (C=O) groups is 2. The Labute approximate surface area is 144 Å². The Balaban J connectivity index is 2.08. The van der Waals surface area contributed by atoms with Gasteiger partial charge in [0.25, 0.3) is 0 Å². The molecule has 0 bridgehead atoms. The lowest BCUT2D eigenvalue weighted by atomic mass is 10.1. The molecule has 0 amide bonds. The van der Waals surface area contributed by atoms with Gasteiger partial charge in [-0.05, 0) is 44.5 Å². The van der Waals surface area contributed by atoms with Crippen LogP contribution in [0.4, 0.5) is 4.39 Å². The van der Waals surface area contributed by atoms with Crippen LogP contribution in [0.2, 0.25) is 0 Å². The topological polar surface area (TPSA) is 88.6 Å². The average molecular weight is 349 g/mol. The summed E-state index contributed by atoms with van der Waals surface area (Å²) in [6, 6.07) is 3.76. The fourth-order valence-corrected chi connectivity index (χ4v) is 2.72. The van der Waals surface area contributed by atoms with Gasteiger partial charge in [-0.1, -0.05) is 0 Å². The number of aryl methyl sites for hydroxylation is 1. The third-order valence-electron chi connectivity index (χ3n) is 3.93. The quantitative estimate of drug-likeness (QED) is 0.618. The van der Waals surface area contributed by atoms with E-state index in [4.69, 9.17) is 9.47 Å². The standard InChI is InChI=1S/C18H20FNO5/c1-9-16(11(3)21)10(2)20-17(9)18(23)25-8-14(22)12-5-6-15(24-4)13(19)7-12/h5-7,11,20-21H,8H2,1-4H3/t11-/m1/s1. The summed E-state index contributed by atoms with van der Waals surface area (Å²) in [6.45, 7) is 4.49. The van der Waals surface area contributed by atoms with Crippen molar-refractivity contribution in [1.82, 2.24) is 4.98 Å². The van der Waals surface area contributed by atoms with Crippen LogP contribution in [-0.4, -0.2) is 35.6 Å². The number of hydrogen-bond donors (Lipinski definition) is 2. The van der Waals surface area contributed by atoms with Gasteiger partial charge in [0, 0.05) is 16.8 Å². The third-order valence-corrected chi connectivity index (χ3v) is 3.93. The Bertz CT molecular complexity index is 810. The first-order valence-corrected chi connectivity index (χ1v) is 7.67. The number of ether oxygens (including phenoxy) is 2. The van der Waals surface area contributed by atoms with Crippen molar-refractivity contribution in [2.75, 3.05) is 13.7 Å². The molecule has 1 atom stereocenters. The van der Waals surface area contributed by atoms with Crippen LogP contribution in [0, 0.1) is 19.7 Å². The number of methoxy groups -OCH3 is 1. The second kappa shape index (κ2) is 7.48. The fourth-order valence-electron chi connectivity index (χ4n) is 2.72. The van der Waals surface area contributed by atoms with Gasteiger partial charge in [0.05, 0.1) is 13.2 Å². The predicted octanol–water partition coefficient (Wildman–Crippen LogP) is 2.87. The van der Waals surface area contributed by atoms with Crippen molar-refractivity contribution in [3.8, 4) is 5.75 Å². The van der Waals surface area contributed by atoms with E-state index < -0.39 is 30.3 Å². The number of aliphatic hydroxyl groups excluding tert-OH is 1. The molecule has 2 N–H and O–H groups in total. The molecule has 0 radical (unpaired) electrons. The Morgan fingerprint density at radius 1 is 1.32 bits per heavy atom. The number of aromatic nitrogens is 1. The first-order chi connectivity index (χ1) is 11.8. The van der Waals surface area contributed by atoms with E-state index in [-0.39, 0.29) is 17.0 Å². The number of benzene rings is 1. The fraction of sp³-hybridized carbons (Fsp3) is 0.333. The zero-order valence-corrected chi connectivity index (χ0v) is 14.5. The van der Waals surface area contributed by atoms with Crippen molar-refractivity contribution in [2.24, 2.45) is 0 Å². The second-order valence-electron chi connectivity index (χ2n) is 5.69. The van der Waals surface area contributed by atoms with E-state index in [0.717, 1.165) is 6.07 Å². The van der Waals surface area contributed by atoms with Crippen molar-refractivity contribution in [1.29, 1.82) is 0 Å². The highest BCUT2D eigenvalue weighted by Gasteiger charge is 2.22. The maximum absolute atomic E-state index is 13.6. The number of Topliss-reactive ketones (excluding diaryl/α,β-unsaturated/α-hetero) is 1. The maximum atomic E-state index is 13.6. The summed E-state index contributed by atoms with van der Waals surface area (Å²) in [5.41, 5.74) is 2.11. The summed E-state index contributed by atoms with van der Waals surface area (Å²) in [4.78, 5) is 27.1. The Hall–Kier alpha value is -2.67. The lowest BCUT2D eigenvalue weighted by Gasteiger charge is -2.07. The number of halogens is 1. The Morgan fingerprint density at radius 3 is 2.52 bits per heavy atom. The summed E-state index contributed by atoms with van der Waals surface area (Å²) in [6.07, 6.45) is -0.735. The first-order valence-electron chi connectivity index (χ1n) is 7.67. The summed E-state index contributed by atoms with van der Waals surface area (Å²) in [7, 11) is 1.32. The zero-order chi connectivity index (χ0) is 18.7. The van der Waals surface area contributed by atoms with E-state index in [2.05, 4.69) is 4.98 Å². The highest BCUT2D eigenvalue weighted by atomic mass is 19.1. The number of aliphatic hydroxyl groups is 1. The molecule has 0 aliphatic carbocycles. The van der Waals surface area contributed by atoms with Crippen molar-refractivity contribution >= 4 is 11.8 Å². The van der Waals surface area contributed by atoms with Gasteiger partial charge in [0.15, 0.2) is 24.0 Å². The molecule has 0 saturated carbocycles. The zero-order valence-electron chi connectivity index (χ0n) is 14.5. The van der Waals surface area contributed by atoms with Gasteiger partial charge in [-0.15, -0.1) is 0 Å². The van der Waals surface area contributed by atoms with Gasteiger partial charge < -0.3 is 19.6 Å². The second-order valence-corrected chi connectivity index (χ2v) is 5.69. The minimum atomic E-state index is -0.735. The summed E-state index contributed by atoms with van der Waals surface area (Å²) >= 11 is 0. The van der Waals surface area contributed by atoms with Gasteiger partial charge >= 0.3 is 5.97 Å².